The third-order valence-electron chi connectivity index (χ3n) is 2.33. The molecule has 0 aromatic carbocycles. The Morgan fingerprint density at radius 3 is 2.78 bits per heavy atom. The Morgan fingerprint density at radius 1 is 1.39 bits per heavy atom. The predicted molar refractivity (Wildman–Crippen MR) is 75.3 cm³/mol. The molecule has 5 nitrogen and oxygen atoms in total. The van der Waals surface area contributed by atoms with Crippen LogP contribution >= 0.6 is 11.3 Å². The third-order valence-corrected chi connectivity index (χ3v) is 4.65. The van der Waals surface area contributed by atoms with Gasteiger partial charge in [0, 0.05) is 17.6 Å². The maximum absolute atomic E-state index is 11.7. The van der Waals surface area contributed by atoms with Crippen molar-refractivity contribution in [3.63, 3.8) is 0 Å². The minimum atomic E-state index is -3.17. The molecule has 0 fully saturated rings. The third kappa shape index (κ3) is 6.44. The van der Waals surface area contributed by atoms with Gasteiger partial charge < -0.3 is 5.32 Å². The molecule has 0 bridgehead atoms. The van der Waals surface area contributed by atoms with Crippen molar-refractivity contribution in [2.24, 2.45) is 0 Å². The Morgan fingerprint density at radius 2 is 2.17 bits per heavy atom. The van der Waals surface area contributed by atoms with E-state index in [1.54, 1.807) is 6.20 Å². The van der Waals surface area contributed by atoms with E-state index in [-0.39, 0.29) is 5.75 Å². The summed E-state index contributed by atoms with van der Waals surface area (Å²) >= 11 is 1.51. The quantitative estimate of drug-likeness (QED) is 0.672. The highest BCUT2D eigenvalue weighted by Gasteiger charge is 2.10. The van der Waals surface area contributed by atoms with Crippen molar-refractivity contribution in [1.82, 2.24) is 15.0 Å². The lowest BCUT2D eigenvalue weighted by molar-refractivity contribution is 0.574. The van der Waals surface area contributed by atoms with E-state index < -0.39 is 10.0 Å². The van der Waals surface area contributed by atoms with Gasteiger partial charge >= 0.3 is 0 Å². The molecule has 1 heterocycles. The van der Waals surface area contributed by atoms with Crippen LogP contribution in [0.4, 0.5) is 0 Å². The lowest BCUT2D eigenvalue weighted by Crippen LogP contribution is -2.27. The van der Waals surface area contributed by atoms with Crippen molar-refractivity contribution in [1.29, 1.82) is 0 Å². The summed E-state index contributed by atoms with van der Waals surface area (Å²) in [7, 11) is -3.17. The molecule has 0 unspecified atom stereocenters. The SMILES string of the molecule is CCCNCCCS(=O)(=O)NCc1cnc(C)s1. The molecule has 7 heteroatoms. The Kier molecular flexibility index (Phi) is 6.77. The molecule has 0 amide bonds. The molecule has 1 aromatic rings. The highest BCUT2D eigenvalue weighted by molar-refractivity contribution is 7.89. The van der Waals surface area contributed by atoms with Crippen LogP contribution in [-0.4, -0.2) is 32.2 Å². The second-order valence-corrected chi connectivity index (χ2v) is 7.33. The molecule has 0 saturated heterocycles. The number of thiazole rings is 1. The van der Waals surface area contributed by atoms with Crippen molar-refractivity contribution in [3.8, 4) is 0 Å². The van der Waals surface area contributed by atoms with Crippen LogP contribution in [0.15, 0.2) is 6.20 Å². The molecule has 104 valence electrons. The minimum Gasteiger partial charge on any atom is -0.317 e. The zero-order valence-corrected chi connectivity index (χ0v) is 12.5. The smallest absolute Gasteiger partial charge is 0.211 e. The van der Waals surface area contributed by atoms with Crippen molar-refractivity contribution in [2.45, 2.75) is 33.2 Å². The molecule has 0 aliphatic heterocycles. The molecule has 18 heavy (non-hydrogen) atoms. The van der Waals surface area contributed by atoms with E-state index in [2.05, 4.69) is 21.9 Å². The van der Waals surface area contributed by atoms with E-state index in [0.29, 0.717) is 13.0 Å². The van der Waals surface area contributed by atoms with Gasteiger partial charge in [-0.3, -0.25) is 0 Å². The van der Waals surface area contributed by atoms with Gasteiger partial charge in [-0.25, -0.2) is 18.1 Å². The van der Waals surface area contributed by atoms with Crippen LogP contribution in [0.1, 0.15) is 29.7 Å². The Balaban J connectivity index is 2.23. The Bertz CT molecular complexity index is 443. The second kappa shape index (κ2) is 7.83. The fourth-order valence-corrected chi connectivity index (χ4v) is 3.30. The average Bonchev–Trinajstić information content (AvgIpc) is 2.73. The van der Waals surface area contributed by atoms with Crippen LogP contribution in [0, 0.1) is 6.92 Å². The van der Waals surface area contributed by atoms with Gasteiger partial charge in [-0.05, 0) is 32.9 Å². The van der Waals surface area contributed by atoms with Gasteiger partial charge in [0.25, 0.3) is 0 Å². The maximum atomic E-state index is 11.7. The van der Waals surface area contributed by atoms with Gasteiger partial charge in [-0.15, -0.1) is 11.3 Å². The largest absolute Gasteiger partial charge is 0.317 e. The highest BCUT2D eigenvalue weighted by Crippen LogP contribution is 2.11. The lowest BCUT2D eigenvalue weighted by Gasteiger charge is -2.06. The van der Waals surface area contributed by atoms with E-state index in [9.17, 15) is 8.42 Å². The molecular weight excluding hydrogens is 270 g/mol. The van der Waals surface area contributed by atoms with Crippen molar-refractivity contribution in [2.75, 3.05) is 18.8 Å². The number of aryl methyl sites for hydroxylation is 1. The summed E-state index contributed by atoms with van der Waals surface area (Å²) in [4.78, 5) is 5.03. The average molecular weight is 291 g/mol. The molecule has 1 aromatic heterocycles. The molecule has 0 atom stereocenters. The summed E-state index contributed by atoms with van der Waals surface area (Å²) in [6.45, 7) is 6.02. The van der Waals surface area contributed by atoms with Crippen molar-refractivity contribution >= 4 is 21.4 Å². The number of aromatic nitrogens is 1. The van der Waals surface area contributed by atoms with Gasteiger partial charge in [-0.2, -0.15) is 0 Å². The number of rotatable bonds is 9. The molecule has 1 rings (SSSR count). The van der Waals surface area contributed by atoms with Crippen molar-refractivity contribution < 1.29 is 8.42 Å². The number of hydrogen-bond donors (Lipinski definition) is 2. The van der Waals surface area contributed by atoms with Crippen LogP contribution in [0.3, 0.4) is 0 Å². The molecule has 2 N–H and O–H groups in total. The van der Waals surface area contributed by atoms with Crippen LogP contribution in [-0.2, 0) is 16.6 Å². The summed E-state index contributed by atoms with van der Waals surface area (Å²) in [5.41, 5.74) is 0. The molecule has 0 aliphatic rings. The molecule has 0 aliphatic carbocycles. The molecule has 0 radical (unpaired) electrons. The Hall–Kier alpha value is -0.500. The summed E-state index contributed by atoms with van der Waals surface area (Å²) < 4.78 is 26.0. The van der Waals surface area contributed by atoms with Gasteiger partial charge in [0.2, 0.25) is 10.0 Å². The normalized spacial score (nSPS) is 11.9. The first-order chi connectivity index (χ1) is 8.53. The van der Waals surface area contributed by atoms with Gasteiger partial charge in [0.15, 0.2) is 0 Å². The topological polar surface area (TPSA) is 71.1 Å². The zero-order chi connectivity index (χ0) is 13.4. The number of sulfonamides is 1. The lowest BCUT2D eigenvalue weighted by atomic mass is 10.4. The first-order valence-corrected chi connectivity index (χ1v) is 8.59. The van der Waals surface area contributed by atoms with Gasteiger partial charge in [0.05, 0.1) is 10.8 Å². The van der Waals surface area contributed by atoms with E-state index in [1.807, 2.05) is 6.92 Å². The zero-order valence-electron chi connectivity index (χ0n) is 10.9. The number of hydrogen-bond acceptors (Lipinski definition) is 5. The van der Waals surface area contributed by atoms with Crippen molar-refractivity contribution in [3.05, 3.63) is 16.1 Å². The van der Waals surface area contributed by atoms with Crippen LogP contribution in [0.5, 0.6) is 0 Å². The second-order valence-electron chi connectivity index (χ2n) is 4.09. The summed E-state index contributed by atoms with van der Waals surface area (Å²) in [5, 5.41) is 4.14. The fraction of sp³-hybridized carbons (Fsp3) is 0.727. The summed E-state index contributed by atoms with van der Waals surface area (Å²) in [5.74, 6) is 0.168. The fourth-order valence-electron chi connectivity index (χ4n) is 1.43. The van der Waals surface area contributed by atoms with E-state index >= 15 is 0 Å². The van der Waals surface area contributed by atoms with Crippen LogP contribution in [0.25, 0.3) is 0 Å². The van der Waals surface area contributed by atoms with Crippen LogP contribution in [0.2, 0.25) is 0 Å². The van der Waals surface area contributed by atoms with E-state index in [0.717, 1.165) is 29.4 Å². The molecule has 0 saturated carbocycles. The highest BCUT2D eigenvalue weighted by atomic mass is 32.2. The van der Waals surface area contributed by atoms with Gasteiger partial charge in [0.1, 0.15) is 0 Å². The number of nitrogens with one attached hydrogen (secondary N) is 2. The molecule has 0 spiro atoms. The monoisotopic (exact) mass is 291 g/mol. The van der Waals surface area contributed by atoms with Crippen LogP contribution < -0.4 is 10.0 Å². The van der Waals surface area contributed by atoms with E-state index in [4.69, 9.17) is 0 Å². The molecular formula is C11H21N3O2S2. The standard InChI is InChI=1S/C11H21N3O2S2/c1-3-5-12-6-4-7-18(15,16)14-9-11-8-13-10(2)17-11/h8,12,14H,3-7,9H2,1-2H3. The number of nitrogens with zero attached hydrogens (tertiary/aromatic N) is 1. The predicted octanol–water partition coefficient (Wildman–Crippen LogP) is 1.26. The van der Waals surface area contributed by atoms with Gasteiger partial charge in [-0.1, -0.05) is 6.92 Å². The first-order valence-electron chi connectivity index (χ1n) is 6.13. The summed E-state index contributed by atoms with van der Waals surface area (Å²) in [6, 6.07) is 0. The minimum absolute atomic E-state index is 0.168. The maximum Gasteiger partial charge on any atom is 0.211 e. The van der Waals surface area contributed by atoms with E-state index in [1.165, 1.54) is 11.3 Å². The Labute approximate surface area is 113 Å². The summed E-state index contributed by atoms with van der Waals surface area (Å²) in [6.07, 6.45) is 3.41. The first kappa shape index (κ1) is 15.6.